The van der Waals surface area contributed by atoms with E-state index < -0.39 is 86.2 Å². The Bertz CT molecular complexity index is 5420. The first kappa shape index (κ1) is 48.5. The number of hydrogen-bond acceptors (Lipinski definition) is 22. The van der Waals surface area contributed by atoms with Crippen molar-refractivity contribution in [3.05, 3.63) is 148 Å². The second-order valence-corrected chi connectivity index (χ2v) is 24.0. The fraction of sp³-hybridized carbons (Fsp3) is 0. The van der Waals surface area contributed by atoms with Crippen molar-refractivity contribution < 1.29 is 55.9 Å². The Morgan fingerprint density at radius 2 is 0.732 bits per heavy atom. The summed E-state index contributed by atoms with van der Waals surface area (Å²) in [5.74, 6) is -12.5. The first-order valence-electron chi connectivity index (χ1n) is 23.8. The molecule has 16 nitrogen and oxygen atoms in total. The van der Waals surface area contributed by atoms with E-state index in [1.54, 1.807) is 30.3 Å². The fourth-order valence-electron chi connectivity index (χ4n) is 10.7. The highest BCUT2D eigenvalue weighted by Gasteiger charge is 2.41. The van der Waals surface area contributed by atoms with E-state index in [0.29, 0.717) is 90.1 Å². The second kappa shape index (κ2) is 17.0. The summed E-state index contributed by atoms with van der Waals surface area (Å²) < 4.78 is 82.2. The van der Waals surface area contributed by atoms with Gasteiger partial charge in [0, 0.05) is 50.6 Å². The third-order valence-corrected chi connectivity index (χ3v) is 19.7. The van der Waals surface area contributed by atoms with Gasteiger partial charge in [0.15, 0.2) is 0 Å². The van der Waals surface area contributed by atoms with E-state index >= 15 is 8.78 Å². The van der Waals surface area contributed by atoms with Crippen LogP contribution in [-0.4, -0.2) is 83.7 Å². The standard InChI is InChI=1S/C56H14F4N8O8S6/c57-16-8-20-25(49(73)51(75)34(20)27(58)9-16)13-31-63-43-39-40(68-82-67-39)44-56(55(43)79-31)80-32(64-44)14-26-21-10-28(59)33(36(60)35(21)52(76)50(26)74)15-5-6-18-22(7-15)46(70)48(72)24(18)12-30-62-42-38-37(65-81-66-38)41-53(54(42)78-30)77-29(61-41)11-23-17-3-1-2-4-19(17)45(69)47(23)71/h1-14H/b23-11-,24-12-,25-13-,26-14-. The molecule has 16 rings (SSSR count). The molecule has 0 unspecified atom stereocenters. The van der Waals surface area contributed by atoms with E-state index in [-0.39, 0.29) is 60.1 Å². The lowest BCUT2D eigenvalue weighted by Crippen LogP contribution is -2.08. The van der Waals surface area contributed by atoms with Crippen LogP contribution < -0.4 is 0 Å². The van der Waals surface area contributed by atoms with Gasteiger partial charge in [-0.1, -0.05) is 36.4 Å². The average Bonchev–Trinajstić information content (AvgIpc) is 4.48. The molecule has 0 radical (unpaired) electrons. The summed E-state index contributed by atoms with van der Waals surface area (Å²) >= 11 is 6.26. The van der Waals surface area contributed by atoms with Crippen molar-refractivity contribution >= 4 is 225 Å². The maximum absolute atomic E-state index is 16.9. The van der Waals surface area contributed by atoms with Crippen LogP contribution in [0.3, 0.4) is 0 Å². The van der Waals surface area contributed by atoms with Gasteiger partial charge < -0.3 is 0 Å². The van der Waals surface area contributed by atoms with Gasteiger partial charge in [-0.15, -0.1) is 45.3 Å². The van der Waals surface area contributed by atoms with Crippen molar-refractivity contribution in [2.24, 2.45) is 0 Å². The van der Waals surface area contributed by atoms with Crippen LogP contribution in [0.25, 0.3) is 121 Å². The SMILES string of the molecule is O=C1C(=O)c2ccccc2/C1=C/c1nc2c3nsnc3c3nc(/C=C4\C(=O)C(=O)c5cc(-c6c(F)cc7c(c6F)C(=O)C(=O)/C7=C\c6nc7c8nsnc8c8nc(/C=C9\C(=O)C(=O)c%10c(F)cc(F)cc%109)sc8c7s6)ccc54)sc3c2s1. The monoisotopic (exact) mass is 1190 g/mol. The van der Waals surface area contributed by atoms with E-state index in [1.807, 2.05) is 0 Å². The lowest BCUT2D eigenvalue weighted by Gasteiger charge is -2.10. The Labute approximate surface area is 474 Å². The molecule has 0 bridgehead atoms. The zero-order valence-electron chi connectivity index (χ0n) is 39.9. The minimum Gasteiger partial charge on any atom is -0.285 e. The van der Waals surface area contributed by atoms with E-state index in [1.165, 1.54) is 53.0 Å². The summed E-state index contributed by atoms with van der Waals surface area (Å²) in [6.45, 7) is 0. The summed E-state index contributed by atoms with van der Waals surface area (Å²) in [5, 5.41) is 1.00. The first-order chi connectivity index (χ1) is 39.6. The zero-order chi connectivity index (χ0) is 56.0. The van der Waals surface area contributed by atoms with Crippen molar-refractivity contribution in [1.29, 1.82) is 0 Å². The zero-order valence-corrected chi connectivity index (χ0v) is 44.8. The molecule has 0 atom stereocenters. The Hall–Kier alpha value is -9.44. The maximum Gasteiger partial charge on any atom is 0.237 e. The number of benzene rings is 6. The number of nitrogens with zero attached hydrogens (tertiary/aromatic N) is 8. The quantitative estimate of drug-likeness (QED) is 0.0884. The largest absolute Gasteiger partial charge is 0.285 e. The lowest BCUT2D eigenvalue weighted by molar-refractivity contribution is -0.110. The molecule has 12 aromatic rings. The summed E-state index contributed by atoms with van der Waals surface area (Å²) in [5.41, 5.74) is 0.547. The molecule has 4 aliphatic rings. The van der Waals surface area contributed by atoms with E-state index in [0.717, 1.165) is 64.3 Å². The van der Waals surface area contributed by atoms with Gasteiger partial charge >= 0.3 is 0 Å². The molecule has 4 aliphatic carbocycles. The fourth-order valence-corrected chi connectivity index (χ4v) is 16.1. The Balaban J connectivity index is 0.742. The molecule has 6 heterocycles. The van der Waals surface area contributed by atoms with Gasteiger partial charge in [0.1, 0.15) is 87.4 Å². The molecule has 390 valence electrons. The van der Waals surface area contributed by atoms with Gasteiger partial charge in [0.05, 0.1) is 58.9 Å². The highest BCUT2D eigenvalue weighted by atomic mass is 32.1. The Kier molecular flexibility index (Phi) is 10.1. The van der Waals surface area contributed by atoms with Crippen LogP contribution in [0.4, 0.5) is 17.6 Å². The predicted octanol–water partition coefficient (Wildman–Crippen LogP) is 11.6. The first-order valence-corrected chi connectivity index (χ1v) is 28.5. The summed E-state index contributed by atoms with van der Waals surface area (Å²) in [7, 11) is 0. The number of carbonyl (C=O) groups is 8. The Morgan fingerprint density at radius 1 is 0.341 bits per heavy atom. The van der Waals surface area contributed by atoms with Crippen molar-refractivity contribution in [2.75, 3.05) is 0 Å². The van der Waals surface area contributed by atoms with Gasteiger partial charge in [-0.25, -0.2) is 37.5 Å². The molecule has 0 spiro atoms. The number of allylic oxidation sites excluding steroid dienone is 4. The summed E-state index contributed by atoms with van der Waals surface area (Å²) in [4.78, 5) is 125. The number of aromatic nitrogens is 8. The number of halogens is 4. The highest BCUT2D eigenvalue weighted by molar-refractivity contribution is 7.28. The highest BCUT2D eigenvalue weighted by Crippen LogP contribution is 2.47. The van der Waals surface area contributed by atoms with Gasteiger partial charge in [0.2, 0.25) is 46.3 Å². The van der Waals surface area contributed by atoms with Crippen molar-refractivity contribution in [2.45, 2.75) is 0 Å². The van der Waals surface area contributed by atoms with Crippen LogP contribution in [0.15, 0.2) is 60.7 Å². The molecular formula is C56H14F4N8O8S6. The Morgan fingerprint density at radius 3 is 1.22 bits per heavy atom. The number of fused-ring (bicyclic) bond motifs is 16. The second-order valence-electron chi connectivity index (χ2n) is 18.8. The molecule has 0 N–H and O–H groups in total. The van der Waals surface area contributed by atoms with Crippen LogP contribution >= 0.6 is 68.8 Å². The van der Waals surface area contributed by atoms with Crippen molar-refractivity contribution in [3.8, 4) is 11.1 Å². The summed E-state index contributed by atoms with van der Waals surface area (Å²) in [6.07, 6.45) is 5.46. The number of thiazole rings is 4. The molecular weight excluding hydrogens is 1180 g/mol. The van der Waals surface area contributed by atoms with Crippen LogP contribution in [-0.2, 0) is 19.2 Å². The number of rotatable bonds is 5. The smallest absolute Gasteiger partial charge is 0.237 e. The number of Topliss-reactive ketones (excluding diaryl/α,β-unsaturated/α-hetero) is 8. The topological polar surface area (TPSA) is 240 Å². The van der Waals surface area contributed by atoms with Crippen molar-refractivity contribution in [3.63, 3.8) is 0 Å². The molecule has 0 fully saturated rings. The van der Waals surface area contributed by atoms with Crippen molar-refractivity contribution in [1.82, 2.24) is 37.4 Å². The van der Waals surface area contributed by atoms with Gasteiger partial charge in [-0.2, -0.15) is 17.5 Å². The molecule has 6 aromatic heterocycles. The van der Waals surface area contributed by atoms with Gasteiger partial charge in [-0.3, -0.25) is 38.4 Å². The number of carbonyl (C=O) groups excluding carboxylic acids is 8. The third kappa shape index (κ3) is 6.65. The molecule has 82 heavy (non-hydrogen) atoms. The number of hydrogen-bond donors (Lipinski definition) is 0. The molecule has 0 saturated heterocycles. The van der Waals surface area contributed by atoms with Gasteiger partial charge in [-0.05, 0) is 59.2 Å². The van der Waals surface area contributed by atoms with E-state index in [2.05, 4.69) is 27.5 Å². The molecule has 0 aliphatic heterocycles. The van der Waals surface area contributed by atoms with Gasteiger partial charge in [0.25, 0.3) is 0 Å². The van der Waals surface area contributed by atoms with Crippen LogP contribution in [0.2, 0.25) is 0 Å². The molecule has 26 heteroatoms. The normalized spacial score (nSPS) is 17.1. The maximum atomic E-state index is 16.9. The number of ketones is 8. The minimum absolute atomic E-state index is 0.0479. The predicted molar refractivity (Wildman–Crippen MR) is 301 cm³/mol. The molecule has 0 amide bonds. The van der Waals surface area contributed by atoms with Crippen LogP contribution in [0.5, 0.6) is 0 Å². The molecule has 0 saturated carbocycles. The average molecular weight is 1200 g/mol. The van der Waals surface area contributed by atoms with E-state index in [4.69, 9.17) is 9.97 Å². The van der Waals surface area contributed by atoms with E-state index in [9.17, 15) is 47.1 Å². The minimum atomic E-state index is -1.38. The third-order valence-electron chi connectivity index (χ3n) is 14.3. The van der Waals surface area contributed by atoms with Crippen LogP contribution in [0, 0.1) is 23.3 Å². The lowest BCUT2D eigenvalue weighted by atomic mass is 9.95. The summed E-state index contributed by atoms with van der Waals surface area (Å²) in [6, 6.07) is 12.7. The van der Waals surface area contributed by atoms with Crippen LogP contribution in [0.1, 0.15) is 83.7 Å². The molecule has 6 aromatic carbocycles.